The van der Waals surface area contributed by atoms with Crippen LogP contribution < -0.4 is 15.5 Å². The van der Waals surface area contributed by atoms with Gasteiger partial charge in [0.2, 0.25) is 0 Å². The van der Waals surface area contributed by atoms with Gasteiger partial charge in [-0.2, -0.15) is 0 Å². The topological polar surface area (TPSA) is 21.7 Å². The summed E-state index contributed by atoms with van der Waals surface area (Å²) in [7, 11) is -1.72. The Morgan fingerprint density at radius 2 is 1.50 bits per heavy atom. The lowest BCUT2D eigenvalue weighted by molar-refractivity contribution is 0.00578. The van der Waals surface area contributed by atoms with Gasteiger partial charge in [-0.25, -0.2) is 0 Å². The first-order valence-electron chi connectivity index (χ1n) is 9.26. The maximum Gasteiger partial charge on any atom is 0.494 e. The molecule has 2 fully saturated rings. The molecule has 2 aliphatic heterocycles. The average molecular weight is 345 g/mol. The summed E-state index contributed by atoms with van der Waals surface area (Å²) in [4.78, 5) is 2.56. The molecule has 3 rings (SSSR count). The summed E-state index contributed by atoms with van der Waals surface area (Å²) in [6, 6.07) is 6.88. The van der Waals surface area contributed by atoms with Crippen molar-refractivity contribution in [3.63, 3.8) is 0 Å². The van der Waals surface area contributed by atoms with Crippen LogP contribution in [0.5, 0.6) is 0 Å². The number of nitrogens with zero attached hydrogens (tertiary/aromatic N) is 1. The van der Waals surface area contributed by atoms with Gasteiger partial charge in [-0.3, -0.25) is 0 Å². The summed E-state index contributed by atoms with van der Waals surface area (Å²) in [5, 5.41) is 1.52. The molecule has 0 N–H and O–H groups in total. The van der Waals surface area contributed by atoms with E-state index in [1.807, 2.05) is 0 Å². The molecule has 0 unspecified atom stereocenters. The minimum atomic E-state index is -1.45. The number of hydrogen-bond acceptors (Lipinski definition) is 3. The van der Waals surface area contributed by atoms with E-state index in [0.29, 0.717) is 0 Å². The maximum atomic E-state index is 6.26. The van der Waals surface area contributed by atoms with Crippen molar-refractivity contribution in [2.24, 2.45) is 0 Å². The van der Waals surface area contributed by atoms with Gasteiger partial charge >= 0.3 is 7.12 Å². The summed E-state index contributed by atoms with van der Waals surface area (Å²) in [5.41, 5.74) is 2.02. The van der Waals surface area contributed by atoms with Gasteiger partial charge in [-0.05, 0) is 57.3 Å². The molecule has 0 aromatic heterocycles. The SMILES string of the molecule is CC1(C)OB(c2ccc(N3CCCC3)c([Si](C)(C)C)c2)OC1(C)C. The number of anilines is 1. The van der Waals surface area contributed by atoms with Crippen LogP contribution in [0.3, 0.4) is 0 Å². The molecule has 2 aliphatic rings. The van der Waals surface area contributed by atoms with Gasteiger partial charge in [-0.15, -0.1) is 0 Å². The normalized spacial score (nSPS) is 23.1. The van der Waals surface area contributed by atoms with Gasteiger partial charge in [0.05, 0.1) is 19.3 Å². The van der Waals surface area contributed by atoms with Crippen LogP contribution in [0, 0.1) is 0 Å². The Kier molecular flexibility index (Phi) is 4.42. The minimum Gasteiger partial charge on any atom is -0.399 e. The van der Waals surface area contributed by atoms with E-state index in [2.05, 4.69) is 70.4 Å². The van der Waals surface area contributed by atoms with Crippen molar-refractivity contribution in [2.45, 2.75) is 71.4 Å². The molecule has 2 saturated heterocycles. The highest BCUT2D eigenvalue weighted by Crippen LogP contribution is 2.36. The van der Waals surface area contributed by atoms with Gasteiger partial charge in [0.25, 0.3) is 0 Å². The lowest BCUT2D eigenvalue weighted by Crippen LogP contribution is -2.46. The molecular formula is C19H32BNO2Si. The standard InChI is InChI=1S/C19H32BNO2Si/c1-18(2)19(3,4)23-20(22-18)15-10-11-16(21-12-8-9-13-21)17(14-15)24(5,6)7/h10-11,14H,8-9,12-13H2,1-7H3. The molecule has 132 valence electrons. The quantitative estimate of drug-likeness (QED) is 0.786. The summed E-state index contributed by atoms with van der Waals surface area (Å²) in [6.45, 7) is 18.1. The summed E-state index contributed by atoms with van der Waals surface area (Å²) in [5.74, 6) is 0. The molecule has 0 saturated carbocycles. The van der Waals surface area contributed by atoms with E-state index >= 15 is 0 Å². The molecule has 3 nitrogen and oxygen atoms in total. The van der Waals surface area contributed by atoms with E-state index in [9.17, 15) is 0 Å². The molecule has 0 amide bonds. The predicted octanol–water partition coefficient (Wildman–Crippen LogP) is 3.13. The van der Waals surface area contributed by atoms with Gasteiger partial charge < -0.3 is 14.2 Å². The van der Waals surface area contributed by atoms with Crippen LogP contribution in [-0.2, 0) is 9.31 Å². The fourth-order valence-electron chi connectivity index (χ4n) is 3.51. The zero-order valence-electron chi connectivity index (χ0n) is 16.4. The van der Waals surface area contributed by atoms with E-state index in [0.717, 1.165) is 5.46 Å². The van der Waals surface area contributed by atoms with E-state index in [1.54, 1.807) is 0 Å². The third kappa shape index (κ3) is 3.18. The first kappa shape index (κ1) is 18.0. The molecule has 2 heterocycles. The molecule has 5 heteroatoms. The van der Waals surface area contributed by atoms with E-state index in [-0.39, 0.29) is 18.3 Å². The van der Waals surface area contributed by atoms with Crippen LogP contribution in [0.25, 0.3) is 0 Å². The smallest absolute Gasteiger partial charge is 0.399 e. The van der Waals surface area contributed by atoms with Crippen molar-refractivity contribution in [3.05, 3.63) is 18.2 Å². The van der Waals surface area contributed by atoms with Gasteiger partial charge in [0, 0.05) is 18.8 Å². The zero-order chi connectivity index (χ0) is 17.8. The lowest BCUT2D eigenvalue weighted by atomic mass is 9.79. The number of benzene rings is 1. The van der Waals surface area contributed by atoms with Crippen LogP contribution >= 0.6 is 0 Å². The third-order valence-corrected chi connectivity index (χ3v) is 7.82. The first-order valence-corrected chi connectivity index (χ1v) is 12.8. The van der Waals surface area contributed by atoms with Crippen LogP contribution in [0.2, 0.25) is 19.6 Å². The molecule has 1 aromatic rings. The number of hydrogen-bond donors (Lipinski definition) is 0. The average Bonchev–Trinajstić information content (AvgIpc) is 3.04. The monoisotopic (exact) mass is 345 g/mol. The van der Waals surface area contributed by atoms with Gasteiger partial charge in [0.1, 0.15) is 0 Å². The van der Waals surface area contributed by atoms with E-state index < -0.39 is 8.07 Å². The predicted molar refractivity (Wildman–Crippen MR) is 107 cm³/mol. The molecule has 0 spiro atoms. The Hall–Kier alpha value is -0.778. The highest BCUT2D eigenvalue weighted by atomic mass is 28.3. The van der Waals surface area contributed by atoms with Crippen LogP contribution in [0.4, 0.5) is 5.69 Å². The molecule has 24 heavy (non-hydrogen) atoms. The van der Waals surface area contributed by atoms with E-state index in [1.165, 1.54) is 36.8 Å². The largest absolute Gasteiger partial charge is 0.494 e. The Morgan fingerprint density at radius 1 is 0.958 bits per heavy atom. The molecule has 0 aliphatic carbocycles. The molecule has 0 bridgehead atoms. The van der Waals surface area contributed by atoms with Crippen molar-refractivity contribution < 1.29 is 9.31 Å². The number of rotatable bonds is 3. The van der Waals surface area contributed by atoms with E-state index in [4.69, 9.17) is 9.31 Å². The third-order valence-electron chi connectivity index (χ3n) is 5.80. The highest BCUT2D eigenvalue weighted by Gasteiger charge is 2.51. The van der Waals surface area contributed by atoms with Gasteiger partial charge in [0.15, 0.2) is 0 Å². The molecule has 0 radical (unpaired) electrons. The fraction of sp³-hybridized carbons (Fsp3) is 0.684. The van der Waals surface area contributed by atoms with Crippen LogP contribution in [0.1, 0.15) is 40.5 Å². The summed E-state index contributed by atoms with van der Waals surface area (Å²) < 4.78 is 12.5. The second-order valence-electron chi connectivity index (χ2n) is 9.31. The molecule has 1 aromatic carbocycles. The Bertz CT molecular complexity index is 602. The summed E-state index contributed by atoms with van der Waals surface area (Å²) >= 11 is 0. The lowest BCUT2D eigenvalue weighted by Gasteiger charge is -2.32. The van der Waals surface area contributed by atoms with Crippen molar-refractivity contribution in [1.82, 2.24) is 0 Å². The second-order valence-corrected chi connectivity index (χ2v) is 14.3. The highest BCUT2D eigenvalue weighted by molar-refractivity contribution is 6.90. The van der Waals surface area contributed by atoms with Crippen LogP contribution in [0.15, 0.2) is 18.2 Å². The van der Waals surface area contributed by atoms with Crippen molar-refractivity contribution in [1.29, 1.82) is 0 Å². The minimum absolute atomic E-state index is 0.266. The maximum absolute atomic E-state index is 6.26. The Balaban J connectivity index is 1.97. The Labute approximate surface area is 148 Å². The molecular weight excluding hydrogens is 313 g/mol. The Morgan fingerprint density at radius 3 is 2.00 bits per heavy atom. The molecule has 0 atom stereocenters. The zero-order valence-corrected chi connectivity index (χ0v) is 17.4. The van der Waals surface area contributed by atoms with Gasteiger partial charge in [-0.1, -0.05) is 31.8 Å². The summed E-state index contributed by atoms with van der Waals surface area (Å²) in [6.07, 6.45) is 2.62. The van der Waals surface area contributed by atoms with Crippen LogP contribution in [-0.4, -0.2) is 39.5 Å². The first-order chi connectivity index (χ1) is 11.0. The fourth-order valence-corrected chi connectivity index (χ4v) is 5.12. The van der Waals surface area contributed by atoms with Crippen molar-refractivity contribution in [3.8, 4) is 0 Å². The van der Waals surface area contributed by atoms with Crippen molar-refractivity contribution in [2.75, 3.05) is 18.0 Å². The second kappa shape index (κ2) is 5.89. The van der Waals surface area contributed by atoms with Crippen molar-refractivity contribution >= 4 is 31.5 Å².